The summed E-state index contributed by atoms with van der Waals surface area (Å²) in [6, 6.07) is 0. The number of hydrogen-bond acceptors (Lipinski definition) is 5. The van der Waals surface area contributed by atoms with Crippen LogP contribution in [0.5, 0.6) is 0 Å². The molecule has 0 aromatic carbocycles. The van der Waals surface area contributed by atoms with Crippen molar-refractivity contribution in [2.24, 2.45) is 0 Å². The minimum absolute atomic E-state index is 0.307. The Bertz CT molecular complexity index is 298. The van der Waals surface area contributed by atoms with Crippen LogP contribution in [0.1, 0.15) is 0 Å². The number of rotatable bonds is 2. The van der Waals surface area contributed by atoms with Gasteiger partial charge in [0.15, 0.2) is 11.6 Å². The highest BCUT2D eigenvalue weighted by molar-refractivity contribution is 5.58. The molecule has 1 aliphatic heterocycles. The maximum Gasteiger partial charge on any atom is 0.171 e. The predicted octanol–water partition coefficient (Wildman–Crippen LogP) is -0.106. The molecule has 1 fully saturated rings. The molecular formula is C8H12N4O. The van der Waals surface area contributed by atoms with Gasteiger partial charge in [0, 0.05) is 32.6 Å². The van der Waals surface area contributed by atoms with Crippen molar-refractivity contribution in [2.75, 3.05) is 30.8 Å². The average Bonchev–Trinajstić information content (AvgIpc) is 2.06. The van der Waals surface area contributed by atoms with Gasteiger partial charge in [-0.2, -0.15) is 0 Å². The van der Waals surface area contributed by atoms with Gasteiger partial charge in [0.05, 0.1) is 6.10 Å². The topological polar surface area (TPSA) is 64.3 Å². The molecule has 0 aliphatic carbocycles. The number of methoxy groups -OCH3 is 1. The Labute approximate surface area is 76.5 Å². The van der Waals surface area contributed by atoms with Gasteiger partial charge in [0.1, 0.15) is 0 Å². The summed E-state index contributed by atoms with van der Waals surface area (Å²) >= 11 is 0. The molecule has 0 saturated carbocycles. The molecular weight excluding hydrogens is 168 g/mol. The number of hydrogen-bond donors (Lipinski definition) is 1. The fourth-order valence-corrected chi connectivity index (χ4v) is 1.35. The van der Waals surface area contributed by atoms with E-state index in [1.807, 2.05) is 0 Å². The quantitative estimate of drug-likeness (QED) is 0.688. The first-order valence-electron chi connectivity index (χ1n) is 4.15. The summed E-state index contributed by atoms with van der Waals surface area (Å²) in [5.41, 5.74) is 5.66. The van der Waals surface area contributed by atoms with Crippen molar-refractivity contribution >= 4 is 11.6 Å². The molecule has 2 rings (SSSR count). The predicted molar refractivity (Wildman–Crippen MR) is 49.5 cm³/mol. The summed E-state index contributed by atoms with van der Waals surface area (Å²) in [4.78, 5) is 10.2. The van der Waals surface area contributed by atoms with E-state index >= 15 is 0 Å². The summed E-state index contributed by atoms with van der Waals surface area (Å²) in [6.45, 7) is 1.69. The number of aromatic nitrogens is 2. The largest absolute Gasteiger partial charge is 0.381 e. The van der Waals surface area contributed by atoms with E-state index in [0.29, 0.717) is 11.9 Å². The van der Waals surface area contributed by atoms with Crippen LogP contribution in [0.15, 0.2) is 12.4 Å². The zero-order valence-electron chi connectivity index (χ0n) is 7.47. The molecule has 2 N–H and O–H groups in total. The molecule has 1 aromatic heterocycles. The van der Waals surface area contributed by atoms with E-state index in [1.54, 1.807) is 19.5 Å². The van der Waals surface area contributed by atoms with Crippen LogP contribution in [0.3, 0.4) is 0 Å². The Balaban J connectivity index is 2.07. The SMILES string of the molecule is COC1CN(c2nccnc2N)C1. The summed E-state index contributed by atoms with van der Waals surface area (Å²) < 4.78 is 5.15. The smallest absolute Gasteiger partial charge is 0.171 e. The second-order valence-electron chi connectivity index (χ2n) is 3.03. The van der Waals surface area contributed by atoms with E-state index in [4.69, 9.17) is 10.5 Å². The van der Waals surface area contributed by atoms with Crippen molar-refractivity contribution in [3.8, 4) is 0 Å². The zero-order valence-corrected chi connectivity index (χ0v) is 7.47. The molecule has 0 radical (unpaired) electrons. The van der Waals surface area contributed by atoms with E-state index in [0.717, 1.165) is 18.9 Å². The first-order chi connectivity index (χ1) is 6.31. The van der Waals surface area contributed by atoms with E-state index in [9.17, 15) is 0 Å². The molecule has 5 nitrogen and oxygen atoms in total. The zero-order chi connectivity index (χ0) is 9.26. The molecule has 13 heavy (non-hydrogen) atoms. The van der Waals surface area contributed by atoms with E-state index in [2.05, 4.69) is 14.9 Å². The number of nitrogens with two attached hydrogens (primary N) is 1. The van der Waals surface area contributed by atoms with Gasteiger partial charge in [-0.05, 0) is 0 Å². The van der Waals surface area contributed by atoms with Gasteiger partial charge in [0.2, 0.25) is 0 Å². The molecule has 0 spiro atoms. The van der Waals surface area contributed by atoms with Crippen LogP contribution in [0, 0.1) is 0 Å². The number of anilines is 2. The van der Waals surface area contributed by atoms with E-state index in [1.165, 1.54) is 0 Å². The highest BCUT2D eigenvalue weighted by Gasteiger charge is 2.28. The maximum absolute atomic E-state index is 5.66. The van der Waals surface area contributed by atoms with E-state index < -0.39 is 0 Å². The summed E-state index contributed by atoms with van der Waals surface area (Å²) in [7, 11) is 1.71. The standard InChI is InChI=1S/C8H12N4O/c1-13-6-4-12(5-6)8-7(9)10-2-3-11-8/h2-3,6H,4-5H2,1H3,(H2,9,10). The number of nitrogen functional groups attached to an aromatic ring is 1. The monoisotopic (exact) mass is 180 g/mol. The van der Waals surface area contributed by atoms with Crippen molar-refractivity contribution in [1.29, 1.82) is 0 Å². The summed E-state index contributed by atoms with van der Waals surface area (Å²) in [5, 5.41) is 0. The molecule has 70 valence electrons. The van der Waals surface area contributed by atoms with Crippen LogP contribution >= 0.6 is 0 Å². The van der Waals surface area contributed by atoms with Crippen molar-refractivity contribution in [3.05, 3.63) is 12.4 Å². The molecule has 0 atom stereocenters. The molecule has 0 bridgehead atoms. The average molecular weight is 180 g/mol. The number of ether oxygens (including phenoxy) is 1. The molecule has 1 aliphatic rings. The minimum Gasteiger partial charge on any atom is -0.381 e. The lowest BCUT2D eigenvalue weighted by Gasteiger charge is -2.39. The fourth-order valence-electron chi connectivity index (χ4n) is 1.35. The van der Waals surface area contributed by atoms with Gasteiger partial charge in [0.25, 0.3) is 0 Å². The molecule has 5 heteroatoms. The highest BCUT2D eigenvalue weighted by Crippen LogP contribution is 2.23. The van der Waals surface area contributed by atoms with Gasteiger partial charge in [-0.25, -0.2) is 9.97 Å². The van der Waals surface area contributed by atoms with Gasteiger partial charge in [-0.15, -0.1) is 0 Å². The Morgan fingerprint density at radius 1 is 1.46 bits per heavy atom. The van der Waals surface area contributed by atoms with Crippen LogP contribution in [0.2, 0.25) is 0 Å². The van der Waals surface area contributed by atoms with Crippen LogP contribution in [0.4, 0.5) is 11.6 Å². The Kier molecular flexibility index (Phi) is 2.02. The molecule has 2 heterocycles. The second-order valence-corrected chi connectivity index (χ2v) is 3.03. The third-order valence-electron chi connectivity index (χ3n) is 2.19. The van der Waals surface area contributed by atoms with Gasteiger partial charge < -0.3 is 15.4 Å². The lowest BCUT2D eigenvalue weighted by Crippen LogP contribution is -2.52. The Morgan fingerprint density at radius 3 is 2.77 bits per heavy atom. The van der Waals surface area contributed by atoms with Crippen molar-refractivity contribution in [3.63, 3.8) is 0 Å². The highest BCUT2D eigenvalue weighted by atomic mass is 16.5. The van der Waals surface area contributed by atoms with Crippen molar-refractivity contribution in [1.82, 2.24) is 9.97 Å². The Hall–Kier alpha value is -1.36. The summed E-state index contributed by atoms with van der Waals surface area (Å²) in [5.74, 6) is 1.24. The maximum atomic E-state index is 5.66. The fraction of sp³-hybridized carbons (Fsp3) is 0.500. The van der Waals surface area contributed by atoms with Gasteiger partial charge in [-0.3, -0.25) is 0 Å². The first-order valence-corrected chi connectivity index (χ1v) is 4.15. The van der Waals surface area contributed by atoms with Crippen LogP contribution < -0.4 is 10.6 Å². The molecule has 0 unspecified atom stereocenters. The molecule has 0 amide bonds. The third-order valence-corrected chi connectivity index (χ3v) is 2.19. The lowest BCUT2D eigenvalue weighted by molar-refractivity contribution is 0.0783. The van der Waals surface area contributed by atoms with Crippen molar-refractivity contribution < 1.29 is 4.74 Å². The minimum atomic E-state index is 0.307. The third kappa shape index (κ3) is 1.42. The van der Waals surface area contributed by atoms with Gasteiger partial charge >= 0.3 is 0 Å². The first kappa shape index (κ1) is 8.25. The molecule has 1 aromatic rings. The molecule has 1 saturated heterocycles. The van der Waals surface area contributed by atoms with Gasteiger partial charge in [-0.1, -0.05) is 0 Å². The van der Waals surface area contributed by atoms with Crippen LogP contribution in [-0.2, 0) is 4.74 Å². The number of nitrogens with zero attached hydrogens (tertiary/aromatic N) is 3. The summed E-state index contributed by atoms with van der Waals surface area (Å²) in [6.07, 6.45) is 3.54. The lowest BCUT2D eigenvalue weighted by atomic mass is 10.2. The van der Waals surface area contributed by atoms with Crippen LogP contribution in [-0.4, -0.2) is 36.3 Å². The van der Waals surface area contributed by atoms with E-state index in [-0.39, 0.29) is 0 Å². The second kappa shape index (κ2) is 3.18. The van der Waals surface area contributed by atoms with Crippen molar-refractivity contribution in [2.45, 2.75) is 6.10 Å². The normalized spacial score (nSPS) is 17.2. The Morgan fingerprint density at radius 2 is 2.15 bits per heavy atom. The van der Waals surface area contributed by atoms with Crippen LogP contribution in [0.25, 0.3) is 0 Å².